The number of alkyl halides is 3. The number of nitrogens with zero attached hydrogens (tertiary/aromatic N) is 4. The summed E-state index contributed by atoms with van der Waals surface area (Å²) >= 11 is 1.27. The first-order valence-electron chi connectivity index (χ1n) is 15.0. The maximum Gasteiger partial charge on any atom is 0.417 e. The summed E-state index contributed by atoms with van der Waals surface area (Å²) in [5.74, 6) is 0.600. The molecule has 9 nitrogen and oxygen atoms in total. The molecule has 3 aliphatic heterocycles. The highest BCUT2D eigenvalue weighted by Crippen LogP contribution is 2.40. The molecule has 1 aromatic heterocycles. The minimum Gasteiger partial charge on any atom is -0.390 e. The minimum absolute atomic E-state index is 0.0562. The van der Waals surface area contributed by atoms with Crippen molar-refractivity contribution in [2.24, 2.45) is 5.73 Å². The summed E-state index contributed by atoms with van der Waals surface area (Å²) in [4.78, 5) is 15.9. The molecule has 1 aromatic carbocycles. The Morgan fingerprint density at radius 2 is 1.90 bits per heavy atom. The number of carbonyl (C=O) groups is 1. The lowest BCUT2D eigenvalue weighted by Crippen LogP contribution is -2.48. The lowest BCUT2D eigenvalue weighted by molar-refractivity contribution is -0.139. The monoisotopic (exact) mass is 609 g/mol. The fourth-order valence-electron chi connectivity index (χ4n) is 6.31. The molecule has 0 radical (unpaired) electrons. The maximum absolute atomic E-state index is 13.9. The van der Waals surface area contributed by atoms with E-state index in [-0.39, 0.29) is 10.9 Å². The Hall–Kier alpha value is -2.32. The van der Waals surface area contributed by atoms with Crippen LogP contribution in [0, 0.1) is 0 Å². The molecule has 1 unspecified atom stereocenters. The summed E-state index contributed by atoms with van der Waals surface area (Å²) in [6, 6.07) is 3.90. The molecule has 5 N–H and O–H groups in total. The minimum atomic E-state index is -4.43. The van der Waals surface area contributed by atoms with Crippen LogP contribution >= 0.6 is 11.8 Å². The Labute approximate surface area is 249 Å². The highest BCUT2D eigenvalue weighted by atomic mass is 32.2. The van der Waals surface area contributed by atoms with Gasteiger partial charge in [-0.1, -0.05) is 12.5 Å². The van der Waals surface area contributed by atoms with E-state index >= 15 is 0 Å². The second-order valence-corrected chi connectivity index (χ2v) is 12.7. The van der Waals surface area contributed by atoms with Crippen molar-refractivity contribution in [3.05, 3.63) is 35.0 Å². The van der Waals surface area contributed by atoms with Crippen molar-refractivity contribution >= 4 is 17.8 Å². The first kappa shape index (κ1) is 31.1. The van der Waals surface area contributed by atoms with Crippen molar-refractivity contribution in [2.75, 3.05) is 51.6 Å². The summed E-state index contributed by atoms with van der Waals surface area (Å²) in [5, 5.41) is 22.0. The van der Waals surface area contributed by atoms with Crippen molar-refractivity contribution in [3.8, 4) is 11.3 Å². The number of nitrogens with two attached hydrogens (primary N) is 1. The number of fused-ring (bicyclic) bond motifs is 1. The molecule has 13 heteroatoms. The van der Waals surface area contributed by atoms with Gasteiger partial charge >= 0.3 is 12.2 Å². The van der Waals surface area contributed by atoms with Crippen LogP contribution in [0.2, 0.25) is 0 Å². The standard InChI is InChI=1S/C29H42F3N7O2S/c30-29(31,32)24-5-4-20(16-26(24)42-15-14-37-10-2-1-3-11-37)27-23-17-34-9-6-25(23)39(36-27)19-22(40)18-38-12-7-21(8-13-38)35-28(33)41/h4-5,16,21-22,34,40H,1-3,6-15,17-19H2,(H3,33,35,41). The number of amides is 2. The normalized spacial score (nSPS) is 19.9. The number of likely N-dealkylation sites (tertiary alicyclic amines) is 2. The number of carbonyl (C=O) groups excluding carboxylic acids is 1. The molecule has 2 fully saturated rings. The first-order chi connectivity index (χ1) is 20.2. The summed E-state index contributed by atoms with van der Waals surface area (Å²) < 4.78 is 43.7. The van der Waals surface area contributed by atoms with Crippen molar-refractivity contribution in [3.63, 3.8) is 0 Å². The Balaban J connectivity index is 1.30. The summed E-state index contributed by atoms with van der Waals surface area (Å²) in [7, 11) is 0. The van der Waals surface area contributed by atoms with Gasteiger partial charge in [0.1, 0.15) is 0 Å². The first-order valence-corrected chi connectivity index (χ1v) is 16.0. The molecule has 2 amide bonds. The molecular formula is C29H42F3N7O2S. The Morgan fingerprint density at radius 1 is 1.14 bits per heavy atom. The van der Waals surface area contributed by atoms with Crippen LogP contribution in [0.25, 0.3) is 11.3 Å². The van der Waals surface area contributed by atoms with E-state index in [1.54, 1.807) is 6.07 Å². The van der Waals surface area contributed by atoms with Gasteiger partial charge in [0.25, 0.3) is 0 Å². The number of β-amino-alcohol motifs (C(OH)–C–C–N with tert-alkyl or cyclic N) is 1. The smallest absolute Gasteiger partial charge is 0.390 e. The predicted octanol–water partition coefficient (Wildman–Crippen LogP) is 3.29. The van der Waals surface area contributed by atoms with Crippen LogP contribution in [-0.4, -0.2) is 94.4 Å². The van der Waals surface area contributed by atoms with Crippen LogP contribution in [0.1, 0.15) is 48.9 Å². The van der Waals surface area contributed by atoms with E-state index in [1.165, 1.54) is 30.3 Å². The van der Waals surface area contributed by atoms with Gasteiger partial charge in [-0.05, 0) is 50.9 Å². The average molecular weight is 610 g/mol. The second kappa shape index (κ2) is 14.0. The van der Waals surface area contributed by atoms with Crippen molar-refractivity contribution in [1.82, 2.24) is 30.2 Å². The van der Waals surface area contributed by atoms with E-state index in [1.807, 2.05) is 4.68 Å². The Bertz CT molecular complexity index is 1210. The van der Waals surface area contributed by atoms with Gasteiger partial charge in [-0.15, -0.1) is 11.8 Å². The zero-order valence-corrected chi connectivity index (χ0v) is 24.8. The van der Waals surface area contributed by atoms with Gasteiger partial charge in [0, 0.05) is 79.2 Å². The van der Waals surface area contributed by atoms with E-state index in [0.717, 1.165) is 82.6 Å². The lowest BCUT2D eigenvalue weighted by atomic mass is 10.0. The molecule has 232 valence electrons. The van der Waals surface area contributed by atoms with Gasteiger partial charge in [-0.3, -0.25) is 4.68 Å². The van der Waals surface area contributed by atoms with E-state index in [9.17, 15) is 23.1 Å². The average Bonchev–Trinajstić information content (AvgIpc) is 3.32. The number of hydrogen-bond acceptors (Lipinski definition) is 7. The largest absolute Gasteiger partial charge is 0.417 e. The van der Waals surface area contributed by atoms with Crippen LogP contribution in [0.4, 0.5) is 18.0 Å². The molecule has 0 spiro atoms. The number of halogens is 3. The van der Waals surface area contributed by atoms with Gasteiger partial charge < -0.3 is 31.3 Å². The fourth-order valence-corrected chi connectivity index (χ4v) is 7.43. The molecule has 0 saturated carbocycles. The number of aliphatic hydroxyl groups excluding tert-OH is 1. The van der Waals surface area contributed by atoms with Crippen molar-refractivity contribution < 1.29 is 23.1 Å². The zero-order chi connectivity index (χ0) is 29.7. The number of rotatable bonds is 10. The number of aromatic nitrogens is 2. The number of hydrogen-bond donors (Lipinski definition) is 4. The van der Waals surface area contributed by atoms with Crippen LogP contribution in [0.3, 0.4) is 0 Å². The molecule has 0 aliphatic carbocycles. The van der Waals surface area contributed by atoms with Crippen LogP contribution in [0.5, 0.6) is 0 Å². The number of primary amides is 1. The predicted molar refractivity (Wildman–Crippen MR) is 157 cm³/mol. The topological polar surface area (TPSA) is 112 Å². The van der Waals surface area contributed by atoms with Gasteiger partial charge in [0.2, 0.25) is 0 Å². The van der Waals surface area contributed by atoms with Crippen molar-refractivity contribution in [2.45, 2.75) is 74.8 Å². The molecule has 3 aliphatic rings. The molecule has 2 saturated heterocycles. The molecule has 1 atom stereocenters. The number of urea groups is 1. The number of benzene rings is 1. The summed E-state index contributed by atoms with van der Waals surface area (Å²) in [6.07, 6.45) is 0.712. The Morgan fingerprint density at radius 3 is 2.62 bits per heavy atom. The van der Waals surface area contributed by atoms with E-state index in [4.69, 9.17) is 10.8 Å². The third-order valence-corrected chi connectivity index (χ3v) is 9.50. The van der Waals surface area contributed by atoms with E-state index in [0.29, 0.717) is 36.6 Å². The molecular weight excluding hydrogens is 567 g/mol. The zero-order valence-electron chi connectivity index (χ0n) is 24.0. The van der Waals surface area contributed by atoms with Gasteiger partial charge in [0.05, 0.1) is 23.9 Å². The highest BCUT2D eigenvalue weighted by Gasteiger charge is 2.34. The fraction of sp³-hybridized carbons (Fsp3) is 0.655. The van der Waals surface area contributed by atoms with Crippen molar-refractivity contribution in [1.29, 1.82) is 0 Å². The molecule has 4 heterocycles. The highest BCUT2D eigenvalue weighted by molar-refractivity contribution is 7.99. The summed E-state index contributed by atoms with van der Waals surface area (Å²) in [6.45, 7) is 6.44. The van der Waals surface area contributed by atoms with E-state index in [2.05, 4.69) is 20.4 Å². The third-order valence-electron chi connectivity index (χ3n) is 8.47. The van der Waals surface area contributed by atoms with Gasteiger partial charge in [-0.2, -0.15) is 18.3 Å². The van der Waals surface area contributed by atoms with Crippen LogP contribution in [0.15, 0.2) is 23.1 Å². The van der Waals surface area contributed by atoms with Gasteiger partial charge in [0.15, 0.2) is 0 Å². The molecule has 2 aromatic rings. The van der Waals surface area contributed by atoms with Crippen LogP contribution in [-0.2, 0) is 25.7 Å². The lowest BCUT2D eigenvalue weighted by Gasteiger charge is -2.33. The molecule has 0 bridgehead atoms. The summed E-state index contributed by atoms with van der Waals surface area (Å²) in [5.41, 5.74) is 7.98. The SMILES string of the molecule is NC(=O)NC1CCN(CC(O)Cn2nc(-c3ccc(C(F)(F)F)c(SCCN4CCCCC4)c3)c3c2CCNC3)CC1. The number of nitrogens with one attached hydrogen (secondary N) is 2. The molecule has 5 rings (SSSR count). The number of piperidine rings is 2. The van der Waals surface area contributed by atoms with E-state index < -0.39 is 23.9 Å². The van der Waals surface area contributed by atoms with Crippen LogP contribution < -0.4 is 16.4 Å². The molecule has 42 heavy (non-hydrogen) atoms. The number of thioether (sulfide) groups is 1. The second-order valence-electron chi connectivity index (χ2n) is 11.6. The van der Waals surface area contributed by atoms with Gasteiger partial charge in [-0.25, -0.2) is 4.79 Å². The maximum atomic E-state index is 13.9. The quantitative estimate of drug-likeness (QED) is 0.306. The number of aliphatic hydroxyl groups is 1. The Kier molecular flexibility index (Phi) is 10.4. The third kappa shape index (κ3) is 7.98.